The molecule has 3 N–H and O–H groups in total. The third-order valence-corrected chi connectivity index (χ3v) is 3.03. The number of hydrogen-bond acceptors (Lipinski definition) is 3. The van der Waals surface area contributed by atoms with Crippen molar-refractivity contribution >= 4 is 21.8 Å². The zero-order chi connectivity index (χ0) is 14.5. The van der Waals surface area contributed by atoms with Gasteiger partial charge in [-0.25, -0.2) is 4.39 Å². The van der Waals surface area contributed by atoms with E-state index in [1.165, 1.54) is 12.1 Å². The molecule has 0 aliphatic rings. The molecule has 2 aromatic carbocycles. The van der Waals surface area contributed by atoms with Gasteiger partial charge in [0, 0.05) is 16.1 Å². The largest absolute Gasteiger partial charge is 0.489 e. The van der Waals surface area contributed by atoms with Gasteiger partial charge in [-0.05, 0) is 23.8 Å². The molecule has 0 bridgehead atoms. The molecule has 0 saturated heterocycles. The van der Waals surface area contributed by atoms with Gasteiger partial charge in [0.2, 0.25) is 0 Å². The van der Waals surface area contributed by atoms with Gasteiger partial charge in [-0.2, -0.15) is 0 Å². The molecule has 0 spiro atoms. The summed E-state index contributed by atoms with van der Waals surface area (Å²) < 4.78 is 19.3. The second-order valence-corrected chi connectivity index (χ2v) is 5.00. The van der Waals surface area contributed by atoms with Crippen LogP contribution in [0, 0.1) is 5.82 Å². The Hall–Kier alpha value is -2.08. The van der Waals surface area contributed by atoms with Crippen molar-refractivity contribution in [2.75, 3.05) is 0 Å². The highest BCUT2D eigenvalue weighted by molar-refractivity contribution is 9.10. The summed E-state index contributed by atoms with van der Waals surface area (Å²) in [6.07, 6.45) is 0. The van der Waals surface area contributed by atoms with Gasteiger partial charge in [0.15, 0.2) is 5.84 Å². The van der Waals surface area contributed by atoms with Gasteiger partial charge in [-0.1, -0.05) is 39.3 Å². The van der Waals surface area contributed by atoms with Crippen molar-refractivity contribution in [3.05, 3.63) is 63.9 Å². The summed E-state index contributed by atoms with van der Waals surface area (Å²) in [7, 11) is 0. The van der Waals surface area contributed by atoms with Crippen molar-refractivity contribution < 1.29 is 14.3 Å². The molecule has 104 valence electrons. The van der Waals surface area contributed by atoms with Crippen LogP contribution in [0.5, 0.6) is 5.75 Å². The number of nitrogens with zero attached hydrogens (tertiary/aromatic N) is 1. The predicted molar refractivity (Wildman–Crippen MR) is 77.4 cm³/mol. The van der Waals surface area contributed by atoms with Crippen molar-refractivity contribution in [1.29, 1.82) is 0 Å². The SMILES string of the molecule is N/C(=N/O)c1cccc(COc2cc(F)cc(Br)c2)c1. The van der Waals surface area contributed by atoms with Crippen LogP contribution in [0.3, 0.4) is 0 Å². The molecule has 0 heterocycles. The average molecular weight is 339 g/mol. The Labute approximate surface area is 123 Å². The molecule has 0 amide bonds. The third-order valence-electron chi connectivity index (χ3n) is 2.57. The van der Waals surface area contributed by atoms with E-state index in [-0.39, 0.29) is 18.3 Å². The first kappa shape index (κ1) is 14.3. The highest BCUT2D eigenvalue weighted by atomic mass is 79.9. The molecule has 0 aromatic heterocycles. The predicted octanol–water partition coefficient (Wildman–Crippen LogP) is 3.26. The Morgan fingerprint density at radius 1 is 1.30 bits per heavy atom. The Morgan fingerprint density at radius 2 is 2.10 bits per heavy atom. The summed E-state index contributed by atoms with van der Waals surface area (Å²) >= 11 is 3.20. The lowest BCUT2D eigenvalue weighted by molar-refractivity contribution is 0.304. The van der Waals surface area contributed by atoms with Crippen LogP contribution in [0.1, 0.15) is 11.1 Å². The van der Waals surface area contributed by atoms with Gasteiger partial charge >= 0.3 is 0 Å². The van der Waals surface area contributed by atoms with Crippen molar-refractivity contribution in [2.24, 2.45) is 10.9 Å². The van der Waals surface area contributed by atoms with Gasteiger partial charge in [0.25, 0.3) is 0 Å². The summed E-state index contributed by atoms with van der Waals surface area (Å²) in [6, 6.07) is 11.4. The summed E-state index contributed by atoms with van der Waals surface area (Å²) in [6.45, 7) is 0.252. The average Bonchev–Trinajstić information content (AvgIpc) is 2.43. The standard InChI is InChI=1S/C14H12BrFN2O2/c15-11-5-12(16)7-13(6-11)20-8-9-2-1-3-10(4-9)14(17)18-19/h1-7,19H,8H2,(H2,17,18). The Kier molecular flexibility index (Phi) is 4.57. The summed E-state index contributed by atoms with van der Waals surface area (Å²) in [5.74, 6) is 0.0752. The van der Waals surface area contributed by atoms with Crippen LogP contribution >= 0.6 is 15.9 Å². The zero-order valence-corrected chi connectivity index (χ0v) is 12.0. The van der Waals surface area contributed by atoms with Gasteiger partial charge in [0.05, 0.1) is 0 Å². The quantitative estimate of drug-likeness (QED) is 0.389. The number of amidine groups is 1. The highest BCUT2D eigenvalue weighted by Crippen LogP contribution is 2.21. The van der Waals surface area contributed by atoms with E-state index in [9.17, 15) is 4.39 Å². The van der Waals surface area contributed by atoms with E-state index in [0.29, 0.717) is 15.8 Å². The topological polar surface area (TPSA) is 67.8 Å². The van der Waals surface area contributed by atoms with Crippen molar-refractivity contribution in [1.82, 2.24) is 0 Å². The molecule has 0 aliphatic heterocycles. The van der Waals surface area contributed by atoms with Crippen LogP contribution in [0.15, 0.2) is 52.1 Å². The molecule has 6 heteroatoms. The number of rotatable bonds is 4. The minimum atomic E-state index is -0.375. The molecular weight excluding hydrogens is 327 g/mol. The Bertz CT molecular complexity index is 627. The normalized spacial score (nSPS) is 11.4. The maximum Gasteiger partial charge on any atom is 0.170 e. The van der Waals surface area contributed by atoms with Crippen LogP contribution in [-0.2, 0) is 6.61 Å². The first-order chi connectivity index (χ1) is 9.58. The molecule has 4 nitrogen and oxygen atoms in total. The van der Waals surface area contributed by atoms with E-state index in [1.807, 2.05) is 6.07 Å². The molecular formula is C14H12BrFN2O2. The maximum absolute atomic E-state index is 13.2. The van der Waals surface area contributed by atoms with Crippen LogP contribution in [0.2, 0.25) is 0 Å². The Balaban J connectivity index is 2.11. The summed E-state index contributed by atoms with van der Waals surface area (Å²) in [5.41, 5.74) is 6.93. The van der Waals surface area contributed by atoms with Crippen molar-refractivity contribution in [3.8, 4) is 5.75 Å². The molecule has 0 radical (unpaired) electrons. The van der Waals surface area contributed by atoms with Gasteiger partial charge in [0.1, 0.15) is 18.2 Å². The van der Waals surface area contributed by atoms with E-state index in [2.05, 4.69) is 21.1 Å². The van der Waals surface area contributed by atoms with E-state index in [0.717, 1.165) is 5.56 Å². The third kappa shape index (κ3) is 3.71. The molecule has 0 atom stereocenters. The van der Waals surface area contributed by atoms with Crippen LogP contribution in [-0.4, -0.2) is 11.0 Å². The number of halogens is 2. The Morgan fingerprint density at radius 3 is 2.80 bits per heavy atom. The van der Waals surface area contributed by atoms with E-state index in [1.54, 1.807) is 24.3 Å². The molecule has 0 fully saturated rings. The van der Waals surface area contributed by atoms with Gasteiger partial charge < -0.3 is 15.7 Å². The second-order valence-electron chi connectivity index (χ2n) is 4.08. The molecule has 0 aliphatic carbocycles. The fourth-order valence-electron chi connectivity index (χ4n) is 1.66. The first-order valence-corrected chi connectivity index (χ1v) is 6.53. The monoisotopic (exact) mass is 338 g/mol. The first-order valence-electron chi connectivity index (χ1n) is 5.74. The van der Waals surface area contributed by atoms with Gasteiger partial charge in [-0.15, -0.1) is 0 Å². The fourth-order valence-corrected chi connectivity index (χ4v) is 2.10. The number of nitrogens with two attached hydrogens (primary N) is 1. The minimum Gasteiger partial charge on any atom is -0.489 e. The van der Waals surface area contributed by atoms with Crippen LogP contribution in [0.25, 0.3) is 0 Å². The maximum atomic E-state index is 13.2. The number of ether oxygens (including phenoxy) is 1. The van der Waals surface area contributed by atoms with E-state index in [4.69, 9.17) is 15.7 Å². The van der Waals surface area contributed by atoms with Gasteiger partial charge in [-0.3, -0.25) is 0 Å². The minimum absolute atomic E-state index is 0.0281. The summed E-state index contributed by atoms with van der Waals surface area (Å²) in [5, 5.41) is 11.6. The summed E-state index contributed by atoms with van der Waals surface area (Å²) in [4.78, 5) is 0. The van der Waals surface area contributed by atoms with Crippen LogP contribution < -0.4 is 10.5 Å². The second kappa shape index (κ2) is 6.38. The highest BCUT2D eigenvalue weighted by Gasteiger charge is 2.03. The van der Waals surface area contributed by atoms with Crippen molar-refractivity contribution in [2.45, 2.75) is 6.61 Å². The lowest BCUT2D eigenvalue weighted by Gasteiger charge is -2.08. The van der Waals surface area contributed by atoms with E-state index < -0.39 is 0 Å². The smallest absolute Gasteiger partial charge is 0.170 e. The number of hydrogen-bond donors (Lipinski definition) is 2. The number of oxime groups is 1. The lowest BCUT2D eigenvalue weighted by atomic mass is 10.1. The fraction of sp³-hybridized carbons (Fsp3) is 0.0714. The lowest BCUT2D eigenvalue weighted by Crippen LogP contribution is -2.13. The van der Waals surface area contributed by atoms with E-state index >= 15 is 0 Å². The zero-order valence-electron chi connectivity index (χ0n) is 10.4. The molecule has 0 unspecified atom stereocenters. The molecule has 0 saturated carbocycles. The van der Waals surface area contributed by atoms with Crippen molar-refractivity contribution in [3.63, 3.8) is 0 Å². The molecule has 20 heavy (non-hydrogen) atoms. The van der Waals surface area contributed by atoms with Crippen LogP contribution in [0.4, 0.5) is 4.39 Å². The number of benzene rings is 2. The molecule has 2 aromatic rings. The molecule has 2 rings (SSSR count).